The van der Waals surface area contributed by atoms with Gasteiger partial charge in [0.15, 0.2) is 5.43 Å². The lowest BCUT2D eigenvalue weighted by molar-refractivity contribution is 0.0783. The molecule has 0 saturated carbocycles. The van der Waals surface area contributed by atoms with Crippen molar-refractivity contribution in [1.82, 2.24) is 15.0 Å². The molecule has 0 saturated heterocycles. The lowest BCUT2D eigenvalue weighted by Gasteiger charge is -2.16. The monoisotopic (exact) mass is 275 g/mol. The van der Waals surface area contributed by atoms with Crippen LogP contribution >= 0.6 is 0 Å². The Morgan fingerprint density at radius 1 is 1.40 bits per heavy atom. The summed E-state index contributed by atoms with van der Waals surface area (Å²) in [5, 5.41) is 3.85. The van der Waals surface area contributed by atoms with Crippen LogP contribution in [0.5, 0.6) is 0 Å². The number of aryl methyl sites for hydroxylation is 3. The molecule has 0 aliphatic carbocycles. The third-order valence-electron chi connectivity index (χ3n) is 3.21. The fourth-order valence-electron chi connectivity index (χ4n) is 1.98. The van der Waals surface area contributed by atoms with Crippen molar-refractivity contribution in [1.29, 1.82) is 0 Å². The summed E-state index contributed by atoms with van der Waals surface area (Å²) in [6.07, 6.45) is 1.45. The molecular weight excluding hydrogens is 258 g/mol. The van der Waals surface area contributed by atoms with E-state index < -0.39 is 0 Å². The fourth-order valence-corrected chi connectivity index (χ4v) is 1.98. The molecule has 20 heavy (non-hydrogen) atoms. The molecule has 0 aromatic carbocycles. The summed E-state index contributed by atoms with van der Waals surface area (Å²) in [5.41, 5.74) is 2.19. The van der Waals surface area contributed by atoms with Crippen molar-refractivity contribution in [2.24, 2.45) is 0 Å². The van der Waals surface area contributed by atoms with Gasteiger partial charge in [-0.25, -0.2) is 0 Å². The quantitative estimate of drug-likeness (QED) is 0.922. The van der Waals surface area contributed by atoms with Gasteiger partial charge in [-0.15, -0.1) is 0 Å². The number of hydrogen-bond acceptors (Lipinski definition) is 4. The zero-order valence-corrected chi connectivity index (χ0v) is 12.0. The van der Waals surface area contributed by atoms with Gasteiger partial charge in [-0.1, -0.05) is 5.16 Å². The summed E-state index contributed by atoms with van der Waals surface area (Å²) in [7, 11) is 1.65. The Morgan fingerprint density at radius 3 is 2.65 bits per heavy atom. The Bertz CT molecular complexity index is 680. The first-order chi connectivity index (χ1) is 9.40. The van der Waals surface area contributed by atoms with Gasteiger partial charge in [0.05, 0.1) is 12.2 Å². The number of rotatable bonds is 3. The van der Waals surface area contributed by atoms with Crippen LogP contribution < -0.4 is 5.43 Å². The highest BCUT2D eigenvalue weighted by Crippen LogP contribution is 2.15. The summed E-state index contributed by atoms with van der Waals surface area (Å²) in [6, 6.07) is 1.41. The molecule has 106 valence electrons. The molecule has 6 heteroatoms. The summed E-state index contributed by atoms with van der Waals surface area (Å²) >= 11 is 0. The van der Waals surface area contributed by atoms with Crippen LogP contribution in [0.1, 0.15) is 33.1 Å². The lowest BCUT2D eigenvalue weighted by atomic mass is 10.1. The van der Waals surface area contributed by atoms with Gasteiger partial charge < -0.3 is 14.4 Å². The maximum atomic E-state index is 12.3. The van der Waals surface area contributed by atoms with E-state index in [0.29, 0.717) is 12.3 Å². The SMILES string of the molecule is Cc1cc(=O)c(C(=O)N(C)Cc2c(C)noc2C)c[nH]1. The highest BCUT2D eigenvalue weighted by atomic mass is 16.5. The van der Waals surface area contributed by atoms with Crippen molar-refractivity contribution in [3.63, 3.8) is 0 Å². The fraction of sp³-hybridized carbons (Fsp3) is 0.357. The molecule has 0 aliphatic heterocycles. The maximum absolute atomic E-state index is 12.3. The Hall–Kier alpha value is -2.37. The number of nitrogens with zero attached hydrogens (tertiary/aromatic N) is 2. The van der Waals surface area contributed by atoms with E-state index in [0.717, 1.165) is 17.0 Å². The molecule has 0 aliphatic rings. The first-order valence-electron chi connectivity index (χ1n) is 6.26. The number of hydrogen-bond donors (Lipinski definition) is 1. The molecule has 0 spiro atoms. The first kappa shape index (κ1) is 14.0. The third-order valence-corrected chi connectivity index (χ3v) is 3.21. The van der Waals surface area contributed by atoms with Crippen LogP contribution in [0.2, 0.25) is 0 Å². The number of nitrogens with one attached hydrogen (secondary N) is 1. The molecule has 0 bridgehead atoms. The van der Waals surface area contributed by atoms with Gasteiger partial charge in [-0.2, -0.15) is 0 Å². The van der Waals surface area contributed by atoms with Gasteiger partial charge in [-0.3, -0.25) is 9.59 Å². The molecular formula is C14H17N3O3. The van der Waals surface area contributed by atoms with Crippen LogP contribution in [0.4, 0.5) is 0 Å². The molecule has 0 atom stereocenters. The second kappa shape index (κ2) is 5.32. The third kappa shape index (κ3) is 2.64. The zero-order chi connectivity index (χ0) is 14.9. The van der Waals surface area contributed by atoms with Crippen LogP contribution in [0.15, 0.2) is 21.6 Å². The van der Waals surface area contributed by atoms with E-state index in [1.54, 1.807) is 20.9 Å². The minimum Gasteiger partial charge on any atom is -0.364 e. The van der Waals surface area contributed by atoms with Gasteiger partial charge in [0.1, 0.15) is 11.3 Å². The molecule has 1 amide bonds. The average Bonchev–Trinajstić information content (AvgIpc) is 2.70. The van der Waals surface area contributed by atoms with E-state index >= 15 is 0 Å². The number of pyridine rings is 1. The number of amides is 1. The average molecular weight is 275 g/mol. The van der Waals surface area contributed by atoms with E-state index in [-0.39, 0.29) is 16.9 Å². The van der Waals surface area contributed by atoms with Gasteiger partial charge >= 0.3 is 0 Å². The molecule has 0 unspecified atom stereocenters. The summed E-state index contributed by atoms with van der Waals surface area (Å²) in [5.74, 6) is 0.353. The topological polar surface area (TPSA) is 79.2 Å². The predicted octanol–water partition coefficient (Wildman–Crippen LogP) is 1.56. The van der Waals surface area contributed by atoms with Crippen molar-refractivity contribution in [3.8, 4) is 0 Å². The number of H-pyrrole nitrogens is 1. The van der Waals surface area contributed by atoms with E-state index in [4.69, 9.17) is 4.52 Å². The van der Waals surface area contributed by atoms with Crippen molar-refractivity contribution >= 4 is 5.91 Å². The highest BCUT2D eigenvalue weighted by Gasteiger charge is 2.18. The Balaban J connectivity index is 2.23. The van der Waals surface area contributed by atoms with Crippen LogP contribution in [-0.2, 0) is 6.54 Å². The predicted molar refractivity (Wildman–Crippen MR) is 73.6 cm³/mol. The molecule has 2 aromatic rings. The second-order valence-corrected chi connectivity index (χ2v) is 4.86. The minimum atomic E-state index is -0.328. The Morgan fingerprint density at radius 2 is 2.10 bits per heavy atom. The zero-order valence-electron chi connectivity index (χ0n) is 12.0. The standard InChI is InChI=1S/C14H17N3O3/c1-8-5-13(18)11(6-15-8)14(19)17(4)7-12-9(2)16-20-10(12)3/h5-6H,7H2,1-4H3,(H,15,18). The van der Waals surface area contributed by atoms with E-state index in [9.17, 15) is 9.59 Å². The van der Waals surface area contributed by atoms with Crippen LogP contribution in [-0.4, -0.2) is 28.0 Å². The number of carbonyl (C=O) groups excluding carboxylic acids is 1. The first-order valence-corrected chi connectivity index (χ1v) is 6.26. The van der Waals surface area contributed by atoms with Gasteiger partial charge in [0.2, 0.25) is 0 Å². The number of carbonyl (C=O) groups is 1. The van der Waals surface area contributed by atoms with Crippen LogP contribution in [0.3, 0.4) is 0 Å². The summed E-state index contributed by atoms with van der Waals surface area (Å²) in [4.78, 5) is 28.5. The Labute approximate surface area is 116 Å². The Kier molecular flexibility index (Phi) is 3.74. The smallest absolute Gasteiger partial charge is 0.259 e. The summed E-state index contributed by atoms with van der Waals surface area (Å²) in [6.45, 7) is 5.74. The van der Waals surface area contributed by atoms with Crippen molar-refractivity contribution < 1.29 is 9.32 Å². The number of aromatic amines is 1. The largest absolute Gasteiger partial charge is 0.364 e. The molecule has 2 rings (SSSR count). The van der Waals surface area contributed by atoms with Gasteiger partial charge in [0, 0.05) is 30.6 Å². The van der Waals surface area contributed by atoms with Crippen molar-refractivity contribution in [2.75, 3.05) is 7.05 Å². The van der Waals surface area contributed by atoms with E-state index in [1.807, 2.05) is 6.92 Å². The van der Waals surface area contributed by atoms with Crippen LogP contribution in [0.25, 0.3) is 0 Å². The lowest BCUT2D eigenvalue weighted by Crippen LogP contribution is -2.30. The minimum absolute atomic E-state index is 0.130. The second-order valence-electron chi connectivity index (χ2n) is 4.86. The van der Waals surface area contributed by atoms with Crippen molar-refractivity contribution in [3.05, 3.63) is 50.8 Å². The molecule has 2 heterocycles. The molecule has 1 N–H and O–H groups in total. The summed E-state index contributed by atoms with van der Waals surface area (Å²) < 4.78 is 5.07. The molecule has 2 aromatic heterocycles. The van der Waals surface area contributed by atoms with Crippen LogP contribution in [0, 0.1) is 20.8 Å². The molecule has 0 radical (unpaired) electrons. The van der Waals surface area contributed by atoms with E-state index in [1.165, 1.54) is 17.2 Å². The maximum Gasteiger partial charge on any atom is 0.259 e. The van der Waals surface area contributed by atoms with E-state index in [2.05, 4.69) is 10.1 Å². The van der Waals surface area contributed by atoms with Gasteiger partial charge in [0.25, 0.3) is 5.91 Å². The normalized spacial score (nSPS) is 10.6. The molecule has 0 fully saturated rings. The van der Waals surface area contributed by atoms with Gasteiger partial charge in [-0.05, 0) is 20.8 Å². The van der Waals surface area contributed by atoms with Crippen molar-refractivity contribution in [2.45, 2.75) is 27.3 Å². The highest BCUT2D eigenvalue weighted by molar-refractivity contribution is 5.93. The molecule has 6 nitrogen and oxygen atoms in total. The number of aromatic nitrogens is 2.